The van der Waals surface area contributed by atoms with Crippen molar-refractivity contribution in [2.75, 3.05) is 5.73 Å². The van der Waals surface area contributed by atoms with E-state index >= 15 is 0 Å². The maximum Gasteiger partial charge on any atom is 0.232 e. The van der Waals surface area contributed by atoms with Gasteiger partial charge in [-0.25, -0.2) is 4.39 Å². The molecule has 0 atom stereocenters. The molecule has 0 aliphatic rings. The molecule has 0 saturated carbocycles. The average molecular weight is 209 g/mol. The zero-order valence-corrected chi connectivity index (χ0v) is 8.31. The van der Waals surface area contributed by atoms with E-state index in [1.54, 1.807) is 0 Å². The Hall–Kier alpha value is -1.49. The van der Waals surface area contributed by atoms with Gasteiger partial charge in [0.2, 0.25) is 5.95 Å². The molecule has 14 heavy (non-hydrogen) atoms. The molecule has 5 heteroatoms. The molecule has 0 aliphatic carbocycles. The third-order valence-corrected chi connectivity index (χ3v) is 2.51. The summed E-state index contributed by atoms with van der Waals surface area (Å²) in [5, 5.41) is 0.644. The number of nitrogens with two attached hydrogens (primary N) is 1. The third-order valence-electron chi connectivity index (χ3n) is 1.73. The van der Waals surface area contributed by atoms with Gasteiger partial charge in [-0.1, -0.05) is 0 Å². The number of halogens is 1. The Morgan fingerprint density at radius 2 is 2.14 bits per heavy atom. The molecular weight excluding hydrogens is 201 g/mol. The number of nitrogen functional groups attached to an aromatic ring is 1. The largest absolute Gasteiger partial charge is 0.367 e. The lowest BCUT2D eigenvalue weighted by atomic mass is 10.1. The zero-order valence-electron chi connectivity index (χ0n) is 7.49. The Morgan fingerprint density at radius 3 is 2.71 bits per heavy atom. The van der Waals surface area contributed by atoms with Gasteiger partial charge in [0, 0.05) is 5.56 Å². The highest BCUT2D eigenvalue weighted by Gasteiger charge is 2.06. The predicted octanol–water partition coefficient (Wildman–Crippen LogP) is 2.23. The van der Waals surface area contributed by atoms with Crippen molar-refractivity contribution in [3.63, 3.8) is 0 Å². The highest BCUT2D eigenvalue weighted by atomic mass is 32.1. The van der Waals surface area contributed by atoms with Crippen molar-refractivity contribution in [3.05, 3.63) is 29.6 Å². The fourth-order valence-electron chi connectivity index (χ4n) is 1.21. The van der Waals surface area contributed by atoms with Crippen LogP contribution in [0.2, 0.25) is 0 Å². The van der Waals surface area contributed by atoms with Crippen LogP contribution in [0.25, 0.3) is 10.6 Å². The summed E-state index contributed by atoms with van der Waals surface area (Å²) in [6, 6.07) is 4.74. The number of aryl methyl sites for hydroxylation is 1. The minimum Gasteiger partial charge on any atom is -0.367 e. The maximum absolute atomic E-state index is 13.0. The van der Waals surface area contributed by atoms with Crippen LogP contribution in [0.15, 0.2) is 18.2 Å². The Labute approximate surface area is 84.6 Å². The summed E-state index contributed by atoms with van der Waals surface area (Å²) < 4.78 is 16.9. The molecule has 0 fully saturated rings. The SMILES string of the molecule is Cc1cc(F)cc(-c2nc(N)ns2)c1. The van der Waals surface area contributed by atoms with Crippen LogP contribution in [0.1, 0.15) is 5.56 Å². The zero-order chi connectivity index (χ0) is 10.1. The van der Waals surface area contributed by atoms with Gasteiger partial charge in [0.15, 0.2) is 0 Å². The van der Waals surface area contributed by atoms with Gasteiger partial charge >= 0.3 is 0 Å². The van der Waals surface area contributed by atoms with Crippen LogP contribution >= 0.6 is 11.5 Å². The van der Waals surface area contributed by atoms with E-state index in [2.05, 4.69) is 9.36 Å². The van der Waals surface area contributed by atoms with Crippen molar-refractivity contribution in [1.82, 2.24) is 9.36 Å². The first-order valence-electron chi connectivity index (χ1n) is 4.02. The van der Waals surface area contributed by atoms with Crippen molar-refractivity contribution >= 4 is 17.5 Å². The van der Waals surface area contributed by atoms with Gasteiger partial charge in [-0.05, 0) is 42.2 Å². The van der Waals surface area contributed by atoms with E-state index in [-0.39, 0.29) is 11.8 Å². The Morgan fingerprint density at radius 1 is 1.36 bits per heavy atom. The number of anilines is 1. The van der Waals surface area contributed by atoms with E-state index in [0.29, 0.717) is 5.01 Å². The number of hydrogen-bond donors (Lipinski definition) is 1. The van der Waals surface area contributed by atoms with Gasteiger partial charge in [0.25, 0.3) is 0 Å². The number of benzene rings is 1. The van der Waals surface area contributed by atoms with Gasteiger partial charge in [-0.2, -0.15) is 9.36 Å². The Kier molecular flexibility index (Phi) is 2.17. The molecule has 1 aromatic heterocycles. The molecule has 0 bridgehead atoms. The monoisotopic (exact) mass is 209 g/mol. The summed E-state index contributed by atoms with van der Waals surface area (Å²) in [7, 11) is 0. The van der Waals surface area contributed by atoms with Crippen LogP contribution in [0.3, 0.4) is 0 Å². The molecule has 2 rings (SSSR count). The summed E-state index contributed by atoms with van der Waals surface area (Å²) >= 11 is 1.17. The smallest absolute Gasteiger partial charge is 0.232 e. The van der Waals surface area contributed by atoms with Gasteiger partial charge < -0.3 is 5.73 Å². The second-order valence-corrected chi connectivity index (χ2v) is 3.73. The molecule has 0 aliphatic heterocycles. The van der Waals surface area contributed by atoms with E-state index in [1.165, 1.54) is 23.7 Å². The number of aromatic nitrogens is 2. The maximum atomic E-state index is 13.0. The molecule has 0 unspecified atom stereocenters. The summed E-state index contributed by atoms with van der Waals surface area (Å²) in [5.41, 5.74) is 6.96. The lowest BCUT2D eigenvalue weighted by Crippen LogP contribution is -1.86. The molecule has 3 nitrogen and oxygen atoms in total. The van der Waals surface area contributed by atoms with Crippen LogP contribution in [0.4, 0.5) is 10.3 Å². The highest BCUT2D eigenvalue weighted by molar-refractivity contribution is 7.09. The standard InChI is InChI=1S/C9H8FN3S/c1-5-2-6(4-7(10)3-5)8-12-9(11)13-14-8/h2-4H,1H3,(H2,11,13). The molecule has 1 aromatic carbocycles. The van der Waals surface area contributed by atoms with Gasteiger partial charge in [0.1, 0.15) is 10.8 Å². The molecule has 0 radical (unpaired) electrons. The average Bonchev–Trinajstić information content (AvgIpc) is 2.50. The molecule has 0 spiro atoms. The summed E-state index contributed by atoms with van der Waals surface area (Å²) in [4.78, 5) is 3.98. The number of rotatable bonds is 1. The Balaban J connectivity index is 2.51. The molecule has 1 heterocycles. The van der Waals surface area contributed by atoms with Crippen LogP contribution in [-0.4, -0.2) is 9.36 Å². The summed E-state index contributed by atoms with van der Waals surface area (Å²) in [6.07, 6.45) is 0. The summed E-state index contributed by atoms with van der Waals surface area (Å²) in [6.45, 7) is 1.83. The normalized spacial score (nSPS) is 10.4. The molecule has 2 N–H and O–H groups in total. The molecule has 0 saturated heterocycles. The number of nitrogens with zero attached hydrogens (tertiary/aromatic N) is 2. The van der Waals surface area contributed by atoms with E-state index < -0.39 is 0 Å². The first kappa shape index (κ1) is 9.08. The summed E-state index contributed by atoms with van der Waals surface area (Å²) in [5.74, 6) is -0.0410. The third kappa shape index (κ3) is 1.72. The predicted molar refractivity (Wildman–Crippen MR) is 54.5 cm³/mol. The van der Waals surface area contributed by atoms with Crippen molar-refractivity contribution in [1.29, 1.82) is 0 Å². The number of hydrogen-bond acceptors (Lipinski definition) is 4. The molecule has 0 amide bonds. The second kappa shape index (κ2) is 3.34. The fourth-order valence-corrected chi connectivity index (χ4v) is 1.79. The molecule has 72 valence electrons. The van der Waals surface area contributed by atoms with Gasteiger partial charge in [0.05, 0.1) is 0 Å². The van der Waals surface area contributed by atoms with E-state index in [0.717, 1.165) is 11.1 Å². The van der Waals surface area contributed by atoms with E-state index in [1.807, 2.05) is 13.0 Å². The minimum absolute atomic E-state index is 0.229. The molecular formula is C9H8FN3S. The minimum atomic E-state index is -0.270. The van der Waals surface area contributed by atoms with Crippen molar-refractivity contribution in [2.45, 2.75) is 6.92 Å². The lowest BCUT2D eigenvalue weighted by molar-refractivity contribution is 0.627. The molecule has 2 aromatic rings. The van der Waals surface area contributed by atoms with Gasteiger partial charge in [-0.3, -0.25) is 0 Å². The first-order valence-corrected chi connectivity index (χ1v) is 4.79. The highest BCUT2D eigenvalue weighted by Crippen LogP contribution is 2.23. The fraction of sp³-hybridized carbons (Fsp3) is 0.111. The van der Waals surface area contributed by atoms with Crippen molar-refractivity contribution < 1.29 is 4.39 Å². The first-order chi connectivity index (χ1) is 6.65. The topological polar surface area (TPSA) is 51.8 Å². The lowest BCUT2D eigenvalue weighted by Gasteiger charge is -1.98. The quantitative estimate of drug-likeness (QED) is 0.783. The van der Waals surface area contributed by atoms with Crippen LogP contribution < -0.4 is 5.73 Å². The van der Waals surface area contributed by atoms with Gasteiger partial charge in [-0.15, -0.1) is 0 Å². The Bertz CT molecular complexity index is 447. The van der Waals surface area contributed by atoms with Crippen molar-refractivity contribution in [3.8, 4) is 10.6 Å². The second-order valence-electron chi connectivity index (χ2n) is 2.97. The van der Waals surface area contributed by atoms with Crippen molar-refractivity contribution in [2.24, 2.45) is 0 Å². The van der Waals surface area contributed by atoms with Crippen LogP contribution in [0.5, 0.6) is 0 Å². The van der Waals surface area contributed by atoms with E-state index in [9.17, 15) is 4.39 Å². The van der Waals surface area contributed by atoms with Crippen LogP contribution in [0, 0.1) is 12.7 Å². The van der Waals surface area contributed by atoms with E-state index in [4.69, 9.17) is 5.73 Å². The van der Waals surface area contributed by atoms with Crippen LogP contribution in [-0.2, 0) is 0 Å².